The average molecular weight is 412 g/mol. The number of hydrogen-bond donors (Lipinski definition) is 3. The lowest BCUT2D eigenvalue weighted by molar-refractivity contribution is -0.136. The zero-order valence-corrected chi connectivity index (χ0v) is 16.5. The van der Waals surface area contributed by atoms with Gasteiger partial charge in [0.2, 0.25) is 5.91 Å². The summed E-state index contributed by atoms with van der Waals surface area (Å²) < 4.78 is 31.7. The summed E-state index contributed by atoms with van der Waals surface area (Å²) in [5, 5.41) is 15.3. The van der Waals surface area contributed by atoms with Crippen molar-refractivity contribution in [2.24, 2.45) is 5.92 Å². The van der Waals surface area contributed by atoms with Crippen LogP contribution in [0.1, 0.15) is 13.3 Å². The maximum Gasteiger partial charge on any atom is 0.317 e. The molecule has 0 radical (unpaired) electrons. The molecule has 10 heteroatoms. The molecule has 160 valence electrons. The highest BCUT2D eigenvalue weighted by atomic mass is 19.2. The van der Waals surface area contributed by atoms with Gasteiger partial charge in [0, 0.05) is 51.0 Å². The van der Waals surface area contributed by atoms with E-state index < -0.39 is 35.4 Å². The lowest BCUT2D eigenvalue weighted by Crippen LogP contribution is -2.56. The standard InChI is InChI=1S/C19H26F2N4O4/c1-12(10-19(11-29-2)17(27)22-18(28)23-19)16(26)25-7-5-24(6-8-25)13-3-4-14(20)15(21)9-13/h3-4,9,12,17,27H,5-8,10-11H2,1-2H3,(H2,22,23,28). The van der Waals surface area contributed by atoms with Crippen LogP contribution in [0.15, 0.2) is 18.2 Å². The number of benzene rings is 1. The number of nitrogens with one attached hydrogen (secondary N) is 2. The van der Waals surface area contributed by atoms with Gasteiger partial charge in [-0.1, -0.05) is 6.92 Å². The summed E-state index contributed by atoms with van der Waals surface area (Å²) in [6, 6.07) is 3.26. The predicted molar refractivity (Wildman–Crippen MR) is 101 cm³/mol. The molecule has 3 atom stereocenters. The van der Waals surface area contributed by atoms with E-state index in [1.807, 2.05) is 4.90 Å². The lowest BCUT2D eigenvalue weighted by Gasteiger charge is -2.39. The first kappa shape index (κ1) is 21.3. The SMILES string of the molecule is COCC1(CC(C)C(=O)N2CCN(c3ccc(F)c(F)c3)CC2)NC(=O)NC1O. The van der Waals surface area contributed by atoms with E-state index >= 15 is 0 Å². The van der Waals surface area contributed by atoms with Crippen LogP contribution in [0.4, 0.5) is 19.3 Å². The molecular weight excluding hydrogens is 386 g/mol. The number of amides is 3. The van der Waals surface area contributed by atoms with E-state index in [4.69, 9.17) is 4.74 Å². The second kappa shape index (κ2) is 8.50. The summed E-state index contributed by atoms with van der Waals surface area (Å²) in [5.41, 5.74) is -0.500. The van der Waals surface area contributed by atoms with E-state index in [0.717, 1.165) is 12.1 Å². The van der Waals surface area contributed by atoms with Gasteiger partial charge in [0.05, 0.1) is 6.61 Å². The number of piperazine rings is 1. The molecule has 2 aliphatic heterocycles. The van der Waals surface area contributed by atoms with Crippen LogP contribution in [0.5, 0.6) is 0 Å². The lowest BCUT2D eigenvalue weighted by atomic mass is 9.87. The maximum atomic E-state index is 13.5. The Morgan fingerprint density at radius 3 is 2.55 bits per heavy atom. The van der Waals surface area contributed by atoms with E-state index in [0.29, 0.717) is 31.9 Å². The fraction of sp³-hybridized carbons (Fsp3) is 0.579. The van der Waals surface area contributed by atoms with Crippen LogP contribution in [0.25, 0.3) is 0 Å². The van der Waals surface area contributed by atoms with Crippen LogP contribution in [0.2, 0.25) is 0 Å². The van der Waals surface area contributed by atoms with Crippen LogP contribution in [-0.2, 0) is 9.53 Å². The van der Waals surface area contributed by atoms with Crippen LogP contribution < -0.4 is 15.5 Å². The number of urea groups is 1. The Bertz CT molecular complexity index is 773. The second-order valence-corrected chi connectivity index (χ2v) is 7.61. The summed E-state index contributed by atoms with van der Waals surface area (Å²) in [5.74, 6) is -2.35. The van der Waals surface area contributed by atoms with Gasteiger partial charge in [-0.05, 0) is 18.6 Å². The van der Waals surface area contributed by atoms with Gasteiger partial charge in [-0.3, -0.25) is 4.79 Å². The molecule has 29 heavy (non-hydrogen) atoms. The minimum absolute atomic E-state index is 0.0639. The number of ether oxygens (including phenoxy) is 1. The van der Waals surface area contributed by atoms with E-state index in [1.54, 1.807) is 11.8 Å². The zero-order chi connectivity index (χ0) is 21.2. The average Bonchev–Trinajstić information content (AvgIpc) is 2.96. The molecule has 0 bridgehead atoms. The molecule has 8 nitrogen and oxygen atoms in total. The first-order chi connectivity index (χ1) is 13.8. The zero-order valence-electron chi connectivity index (χ0n) is 16.5. The van der Waals surface area contributed by atoms with Crippen LogP contribution in [-0.4, -0.2) is 73.6 Å². The van der Waals surface area contributed by atoms with Gasteiger partial charge in [0.1, 0.15) is 5.54 Å². The van der Waals surface area contributed by atoms with Gasteiger partial charge >= 0.3 is 6.03 Å². The van der Waals surface area contributed by atoms with E-state index in [2.05, 4.69) is 10.6 Å². The molecule has 1 aromatic rings. The topological polar surface area (TPSA) is 94.1 Å². The van der Waals surface area contributed by atoms with Gasteiger partial charge in [0.25, 0.3) is 0 Å². The Morgan fingerprint density at radius 2 is 2.00 bits per heavy atom. The van der Waals surface area contributed by atoms with Crippen molar-refractivity contribution in [3.8, 4) is 0 Å². The molecule has 1 aromatic carbocycles. The molecule has 3 amide bonds. The first-order valence-corrected chi connectivity index (χ1v) is 9.50. The van der Waals surface area contributed by atoms with E-state index in [-0.39, 0.29) is 18.9 Å². The molecular formula is C19H26F2N4O4. The number of methoxy groups -OCH3 is 1. The van der Waals surface area contributed by atoms with Crippen molar-refractivity contribution < 1.29 is 28.2 Å². The van der Waals surface area contributed by atoms with Crippen molar-refractivity contribution in [1.82, 2.24) is 15.5 Å². The Labute approximate surface area is 167 Å². The number of carbonyl (C=O) groups excluding carboxylic acids is 2. The molecule has 2 saturated heterocycles. The highest BCUT2D eigenvalue weighted by molar-refractivity contribution is 5.80. The molecule has 3 rings (SSSR count). The maximum absolute atomic E-state index is 13.5. The number of aliphatic hydroxyl groups excluding tert-OH is 1. The third-order valence-corrected chi connectivity index (χ3v) is 5.51. The molecule has 0 aliphatic carbocycles. The fourth-order valence-electron chi connectivity index (χ4n) is 4.00. The monoisotopic (exact) mass is 412 g/mol. The Hall–Kier alpha value is -2.46. The van der Waals surface area contributed by atoms with Gasteiger partial charge < -0.3 is 30.3 Å². The Morgan fingerprint density at radius 1 is 1.31 bits per heavy atom. The van der Waals surface area contributed by atoms with Crippen molar-refractivity contribution in [2.45, 2.75) is 25.1 Å². The number of hydrogen-bond acceptors (Lipinski definition) is 5. The van der Waals surface area contributed by atoms with Crippen molar-refractivity contribution in [3.05, 3.63) is 29.8 Å². The van der Waals surface area contributed by atoms with Crippen molar-refractivity contribution in [1.29, 1.82) is 0 Å². The third-order valence-electron chi connectivity index (χ3n) is 5.51. The summed E-state index contributed by atoms with van der Waals surface area (Å²) in [6.45, 7) is 3.67. The third kappa shape index (κ3) is 4.43. The molecule has 3 N–H and O–H groups in total. The fourth-order valence-corrected chi connectivity index (χ4v) is 4.00. The van der Waals surface area contributed by atoms with Gasteiger partial charge in [-0.15, -0.1) is 0 Å². The number of nitrogens with zero attached hydrogens (tertiary/aromatic N) is 2. The minimum Gasteiger partial charge on any atom is -0.382 e. The number of halogens is 2. The van der Waals surface area contributed by atoms with E-state index in [1.165, 1.54) is 13.2 Å². The van der Waals surface area contributed by atoms with Crippen molar-refractivity contribution >= 4 is 17.6 Å². The molecule has 0 saturated carbocycles. The molecule has 2 fully saturated rings. The van der Waals surface area contributed by atoms with Crippen LogP contribution >= 0.6 is 0 Å². The number of rotatable bonds is 6. The Balaban J connectivity index is 1.59. The summed E-state index contributed by atoms with van der Waals surface area (Å²) in [6.07, 6.45) is -0.946. The second-order valence-electron chi connectivity index (χ2n) is 7.61. The smallest absolute Gasteiger partial charge is 0.317 e. The van der Waals surface area contributed by atoms with Gasteiger partial charge in [-0.25, -0.2) is 13.6 Å². The molecule has 0 aromatic heterocycles. The molecule has 3 unspecified atom stereocenters. The van der Waals surface area contributed by atoms with Crippen LogP contribution in [0.3, 0.4) is 0 Å². The summed E-state index contributed by atoms with van der Waals surface area (Å²) >= 11 is 0. The summed E-state index contributed by atoms with van der Waals surface area (Å²) in [7, 11) is 1.46. The molecule has 0 spiro atoms. The number of carbonyl (C=O) groups is 2. The van der Waals surface area contributed by atoms with Crippen molar-refractivity contribution in [3.63, 3.8) is 0 Å². The van der Waals surface area contributed by atoms with E-state index in [9.17, 15) is 23.5 Å². The largest absolute Gasteiger partial charge is 0.382 e. The summed E-state index contributed by atoms with van der Waals surface area (Å²) in [4.78, 5) is 28.1. The number of aliphatic hydroxyl groups is 1. The van der Waals surface area contributed by atoms with Gasteiger partial charge in [-0.2, -0.15) is 0 Å². The first-order valence-electron chi connectivity index (χ1n) is 9.50. The highest BCUT2D eigenvalue weighted by Crippen LogP contribution is 2.26. The van der Waals surface area contributed by atoms with Crippen molar-refractivity contribution in [2.75, 3.05) is 44.8 Å². The Kier molecular flexibility index (Phi) is 6.23. The minimum atomic E-state index is -1.16. The molecule has 2 aliphatic rings. The predicted octanol–water partition coefficient (Wildman–Crippen LogP) is 0.656. The quantitative estimate of drug-likeness (QED) is 0.638. The normalized spacial score (nSPS) is 25.6. The van der Waals surface area contributed by atoms with Crippen LogP contribution in [0, 0.1) is 17.6 Å². The molecule has 2 heterocycles. The highest BCUT2D eigenvalue weighted by Gasteiger charge is 2.48. The van der Waals surface area contributed by atoms with Gasteiger partial charge in [0.15, 0.2) is 17.9 Å². The number of anilines is 1.